The number of nitrogens with one attached hydrogen (secondary N) is 1. The van der Waals surface area contributed by atoms with Gasteiger partial charge in [0.25, 0.3) is 10.2 Å². The molecule has 0 saturated carbocycles. The van der Waals surface area contributed by atoms with Crippen LogP contribution in [-0.2, 0) is 19.7 Å². The molecule has 0 amide bonds. The predicted octanol–water partition coefficient (Wildman–Crippen LogP) is -0.771. The standard InChI is InChI=1S/C10H20N2O5S/c1-3-17-10(14)9-5-4-6-12(9)18(15,16)11-7-8(2)13/h8-9,11,13H,3-7H2,1-2H3/t8-,9?/m1/s1. The fourth-order valence-electron chi connectivity index (χ4n) is 1.81. The van der Waals surface area contributed by atoms with Crippen LogP contribution in [0.5, 0.6) is 0 Å². The van der Waals surface area contributed by atoms with Crippen LogP contribution in [-0.4, -0.2) is 55.6 Å². The minimum Gasteiger partial charge on any atom is -0.465 e. The molecule has 1 unspecified atom stereocenters. The smallest absolute Gasteiger partial charge is 0.324 e. The maximum Gasteiger partial charge on any atom is 0.324 e. The molecule has 0 aromatic rings. The zero-order valence-corrected chi connectivity index (χ0v) is 11.4. The van der Waals surface area contributed by atoms with Gasteiger partial charge in [-0.2, -0.15) is 17.4 Å². The topological polar surface area (TPSA) is 95.9 Å². The first-order chi connectivity index (χ1) is 8.38. The van der Waals surface area contributed by atoms with Crippen molar-refractivity contribution in [2.45, 2.75) is 38.8 Å². The molecular formula is C10H20N2O5S. The van der Waals surface area contributed by atoms with Gasteiger partial charge in [-0.05, 0) is 26.7 Å². The number of esters is 1. The van der Waals surface area contributed by atoms with Gasteiger partial charge in [0.2, 0.25) is 0 Å². The second kappa shape index (κ2) is 6.46. The Labute approximate surface area is 107 Å². The van der Waals surface area contributed by atoms with Gasteiger partial charge in [-0.25, -0.2) is 0 Å². The van der Waals surface area contributed by atoms with Gasteiger partial charge in [0, 0.05) is 13.1 Å². The molecule has 1 heterocycles. The van der Waals surface area contributed by atoms with Crippen LogP contribution in [0.1, 0.15) is 26.7 Å². The maximum absolute atomic E-state index is 12.0. The molecule has 0 radical (unpaired) electrons. The van der Waals surface area contributed by atoms with Crippen LogP contribution in [0.3, 0.4) is 0 Å². The van der Waals surface area contributed by atoms with Crippen LogP contribution in [0, 0.1) is 0 Å². The molecular weight excluding hydrogens is 260 g/mol. The van der Waals surface area contributed by atoms with Crippen molar-refractivity contribution in [2.75, 3.05) is 19.7 Å². The first-order valence-electron chi connectivity index (χ1n) is 5.99. The van der Waals surface area contributed by atoms with E-state index in [1.54, 1.807) is 6.92 Å². The van der Waals surface area contributed by atoms with Crippen molar-refractivity contribution in [3.05, 3.63) is 0 Å². The maximum atomic E-state index is 12.0. The van der Waals surface area contributed by atoms with Gasteiger partial charge in [0.1, 0.15) is 6.04 Å². The second-order valence-electron chi connectivity index (χ2n) is 4.22. The number of carbonyl (C=O) groups is 1. The Bertz CT molecular complexity index is 382. The zero-order chi connectivity index (χ0) is 13.8. The van der Waals surface area contributed by atoms with Crippen molar-refractivity contribution in [1.29, 1.82) is 0 Å². The molecule has 18 heavy (non-hydrogen) atoms. The Balaban J connectivity index is 2.71. The summed E-state index contributed by atoms with van der Waals surface area (Å²) in [6.07, 6.45) is 0.316. The number of carbonyl (C=O) groups excluding carboxylic acids is 1. The zero-order valence-electron chi connectivity index (χ0n) is 10.6. The van der Waals surface area contributed by atoms with Gasteiger partial charge >= 0.3 is 5.97 Å². The lowest BCUT2D eigenvalue weighted by Gasteiger charge is -2.23. The molecule has 2 N–H and O–H groups in total. The molecule has 7 nitrogen and oxygen atoms in total. The summed E-state index contributed by atoms with van der Waals surface area (Å²) in [7, 11) is -3.75. The molecule has 0 aliphatic carbocycles. The van der Waals surface area contributed by atoms with Crippen molar-refractivity contribution in [3.8, 4) is 0 Å². The summed E-state index contributed by atoms with van der Waals surface area (Å²) in [5.74, 6) is -0.516. The number of nitrogens with zero attached hydrogens (tertiary/aromatic N) is 1. The Kier molecular flexibility index (Phi) is 5.51. The molecule has 1 aliphatic heterocycles. The molecule has 2 atom stereocenters. The molecule has 0 aromatic heterocycles. The van der Waals surface area contributed by atoms with Crippen LogP contribution in [0.25, 0.3) is 0 Å². The second-order valence-corrected chi connectivity index (χ2v) is 5.93. The Hall–Kier alpha value is -0.700. The molecule has 1 saturated heterocycles. The molecule has 1 aliphatic rings. The van der Waals surface area contributed by atoms with E-state index in [0.717, 1.165) is 4.31 Å². The van der Waals surface area contributed by atoms with Crippen LogP contribution in [0.2, 0.25) is 0 Å². The summed E-state index contributed by atoms with van der Waals surface area (Å²) in [5, 5.41) is 9.08. The van der Waals surface area contributed by atoms with E-state index in [0.29, 0.717) is 19.4 Å². The lowest BCUT2D eigenvalue weighted by Crippen LogP contribution is -2.48. The fraction of sp³-hybridized carbons (Fsp3) is 0.900. The Morgan fingerprint density at radius 3 is 2.83 bits per heavy atom. The summed E-state index contributed by atoms with van der Waals surface area (Å²) in [6, 6.07) is -0.753. The summed E-state index contributed by atoms with van der Waals surface area (Å²) >= 11 is 0. The normalized spacial score (nSPS) is 22.9. The van der Waals surface area contributed by atoms with Gasteiger partial charge in [-0.15, -0.1) is 0 Å². The van der Waals surface area contributed by atoms with E-state index < -0.39 is 28.3 Å². The van der Waals surface area contributed by atoms with E-state index >= 15 is 0 Å². The van der Waals surface area contributed by atoms with Crippen LogP contribution >= 0.6 is 0 Å². The van der Waals surface area contributed by atoms with E-state index in [9.17, 15) is 13.2 Å². The lowest BCUT2D eigenvalue weighted by atomic mass is 10.2. The average molecular weight is 280 g/mol. The predicted molar refractivity (Wildman–Crippen MR) is 65.0 cm³/mol. The van der Waals surface area contributed by atoms with Gasteiger partial charge in [0.05, 0.1) is 12.7 Å². The van der Waals surface area contributed by atoms with Crippen LogP contribution in [0.4, 0.5) is 0 Å². The third-order valence-corrected chi connectivity index (χ3v) is 4.22. The lowest BCUT2D eigenvalue weighted by molar-refractivity contribution is -0.146. The van der Waals surface area contributed by atoms with Crippen molar-refractivity contribution >= 4 is 16.2 Å². The highest BCUT2D eigenvalue weighted by Crippen LogP contribution is 2.21. The summed E-state index contributed by atoms with van der Waals surface area (Å²) in [6.45, 7) is 3.60. The van der Waals surface area contributed by atoms with Gasteiger partial charge in [0.15, 0.2) is 0 Å². The highest BCUT2D eigenvalue weighted by atomic mass is 32.2. The van der Waals surface area contributed by atoms with E-state index in [1.165, 1.54) is 6.92 Å². The Morgan fingerprint density at radius 1 is 1.61 bits per heavy atom. The molecule has 0 aromatic carbocycles. The van der Waals surface area contributed by atoms with Crippen molar-refractivity contribution < 1.29 is 23.1 Å². The SMILES string of the molecule is CCOC(=O)C1CCCN1S(=O)(=O)NC[C@@H](C)O. The summed E-state index contributed by atoms with van der Waals surface area (Å²) < 4.78 is 32.1. The Morgan fingerprint density at radius 2 is 2.28 bits per heavy atom. The molecule has 106 valence electrons. The third kappa shape index (κ3) is 3.91. The summed E-state index contributed by atoms with van der Waals surface area (Å²) in [5.41, 5.74) is 0. The van der Waals surface area contributed by atoms with Crippen molar-refractivity contribution in [1.82, 2.24) is 9.03 Å². The van der Waals surface area contributed by atoms with E-state index in [4.69, 9.17) is 9.84 Å². The van der Waals surface area contributed by atoms with E-state index in [1.807, 2.05) is 0 Å². The van der Waals surface area contributed by atoms with Gasteiger partial charge in [-0.3, -0.25) is 4.79 Å². The number of rotatable bonds is 6. The average Bonchev–Trinajstić information content (AvgIpc) is 2.76. The monoisotopic (exact) mass is 280 g/mol. The van der Waals surface area contributed by atoms with E-state index in [2.05, 4.69) is 4.72 Å². The molecule has 1 fully saturated rings. The number of aliphatic hydroxyl groups excluding tert-OH is 1. The third-order valence-electron chi connectivity index (χ3n) is 2.63. The van der Waals surface area contributed by atoms with Gasteiger partial charge in [-0.1, -0.05) is 0 Å². The first kappa shape index (κ1) is 15.4. The van der Waals surface area contributed by atoms with Crippen LogP contribution in [0.15, 0.2) is 0 Å². The summed E-state index contributed by atoms with van der Waals surface area (Å²) in [4.78, 5) is 11.6. The molecule has 1 rings (SSSR count). The van der Waals surface area contributed by atoms with Crippen molar-refractivity contribution in [3.63, 3.8) is 0 Å². The largest absolute Gasteiger partial charge is 0.465 e. The van der Waals surface area contributed by atoms with E-state index in [-0.39, 0.29) is 13.2 Å². The number of hydrogen-bond acceptors (Lipinski definition) is 5. The fourth-order valence-corrected chi connectivity index (χ4v) is 3.32. The minimum atomic E-state index is -3.75. The molecule has 8 heteroatoms. The van der Waals surface area contributed by atoms with Crippen LogP contribution < -0.4 is 4.72 Å². The molecule has 0 spiro atoms. The number of ether oxygens (including phenoxy) is 1. The molecule has 0 bridgehead atoms. The highest BCUT2D eigenvalue weighted by molar-refractivity contribution is 7.87. The van der Waals surface area contributed by atoms with Crippen molar-refractivity contribution in [2.24, 2.45) is 0 Å². The minimum absolute atomic E-state index is 0.0750. The number of aliphatic hydroxyl groups is 1. The first-order valence-corrected chi connectivity index (χ1v) is 7.43. The quantitative estimate of drug-likeness (QED) is 0.623. The van der Waals surface area contributed by atoms with Gasteiger partial charge < -0.3 is 9.84 Å². The highest BCUT2D eigenvalue weighted by Gasteiger charge is 2.39. The number of hydrogen-bond donors (Lipinski definition) is 2.